The third-order valence-corrected chi connectivity index (χ3v) is 4.02. The molecule has 0 amide bonds. The van der Waals surface area contributed by atoms with Crippen LogP contribution in [0.2, 0.25) is 5.02 Å². The van der Waals surface area contributed by atoms with Gasteiger partial charge in [-0.05, 0) is 35.9 Å². The van der Waals surface area contributed by atoms with Crippen molar-refractivity contribution < 1.29 is 9.47 Å². The minimum Gasteiger partial charge on any atom is -0.497 e. The summed E-state index contributed by atoms with van der Waals surface area (Å²) in [5, 5.41) is 0.624. The zero-order valence-electron chi connectivity index (χ0n) is 11.7. The zero-order chi connectivity index (χ0) is 15.4. The maximum absolute atomic E-state index is 6.29. The summed E-state index contributed by atoms with van der Waals surface area (Å²) in [4.78, 5) is 0. The van der Waals surface area contributed by atoms with Crippen LogP contribution in [0.5, 0.6) is 11.5 Å². The summed E-state index contributed by atoms with van der Waals surface area (Å²) in [6.07, 6.45) is 0. The van der Waals surface area contributed by atoms with Gasteiger partial charge in [-0.15, -0.1) is 0 Å². The normalized spacial score (nSPS) is 12.0. The Morgan fingerprint density at radius 2 is 1.86 bits per heavy atom. The van der Waals surface area contributed by atoms with Gasteiger partial charge in [0.05, 0.1) is 20.3 Å². The van der Waals surface area contributed by atoms with Crippen LogP contribution in [0.3, 0.4) is 0 Å². The van der Waals surface area contributed by atoms with Crippen molar-refractivity contribution in [3.63, 3.8) is 0 Å². The van der Waals surface area contributed by atoms with Crippen molar-refractivity contribution in [2.75, 3.05) is 14.2 Å². The lowest BCUT2D eigenvalue weighted by Gasteiger charge is -2.21. The van der Waals surface area contributed by atoms with E-state index in [1.165, 1.54) is 0 Å². The molecule has 0 radical (unpaired) electrons. The number of hydrogen-bond acceptors (Lipinski definition) is 4. The average molecular weight is 372 g/mol. The molecule has 2 aromatic carbocycles. The first-order valence-electron chi connectivity index (χ1n) is 6.23. The molecule has 0 aliphatic rings. The second kappa shape index (κ2) is 7.13. The molecule has 0 bridgehead atoms. The summed E-state index contributed by atoms with van der Waals surface area (Å²) in [5.41, 5.74) is 4.52. The fraction of sp³-hybridized carbons (Fsp3) is 0.200. The standard InChI is InChI=1S/C15H16BrClN2O2/c1-20-10-4-5-11(14(8-10)21-2)15(19-18)12-7-9(16)3-6-13(12)17/h3-8,15,19H,18H2,1-2H3. The number of nitrogens with one attached hydrogen (secondary N) is 1. The molecule has 1 unspecified atom stereocenters. The van der Waals surface area contributed by atoms with Crippen molar-refractivity contribution in [2.45, 2.75) is 6.04 Å². The van der Waals surface area contributed by atoms with Gasteiger partial charge < -0.3 is 9.47 Å². The minimum atomic E-state index is -0.296. The molecule has 0 saturated heterocycles. The molecule has 3 N–H and O–H groups in total. The van der Waals surface area contributed by atoms with E-state index in [1.807, 2.05) is 36.4 Å². The van der Waals surface area contributed by atoms with E-state index in [2.05, 4.69) is 21.4 Å². The smallest absolute Gasteiger partial charge is 0.127 e. The van der Waals surface area contributed by atoms with Crippen LogP contribution in [0.1, 0.15) is 17.2 Å². The van der Waals surface area contributed by atoms with Gasteiger partial charge in [-0.3, -0.25) is 5.84 Å². The Morgan fingerprint density at radius 3 is 2.48 bits per heavy atom. The molecule has 2 aromatic rings. The van der Waals surface area contributed by atoms with Crippen LogP contribution < -0.4 is 20.7 Å². The summed E-state index contributed by atoms with van der Waals surface area (Å²) in [5.74, 6) is 7.13. The lowest BCUT2D eigenvalue weighted by atomic mass is 9.98. The number of nitrogens with two attached hydrogens (primary N) is 1. The van der Waals surface area contributed by atoms with Gasteiger partial charge in [0.15, 0.2) is 0 Å². The largest absolute Gasteiger partial charge is 0.497 e. The summed E-state index contributed by atoms with van der Waals surface area (Å²) in [6.45, 7) is 0. The Balaban J connectivity index is 2.53. The van der Waals surface area contributed by atoms with Crippen LogP contribution in [0.4, 0.5) is 0 Å². The molecule has 0 aliphatic carbocycles. The monoisotopic (exact) mass is 370 g/mol. The molecule has 0 aromatic heterocycles. The van der Waals surface area contributed by atoms with Crippen LogP contribution >= 0.6 is 27.5 Å². The maximum atomic E-state index is 6.29. The molecule has 0 aliphatic heterocycles. The van der Waals surface area contributed by atoms with Crippen LogP contribution in [0, 0.1) is 0 Å². The second-order valence-corrected chi connectivity index (χ2v) is 5.70. The van der Waals surface area contributed by atoms with Gasteiger partial charge in [0, 0.05) is 21.1 Å². The maximum Gasteiger partial charge on any atom is 0.127 e. The minimum absolute atomic E-state index is 0.296. The summed E-state index contributed by atoms with van der Waals surface area (Å²) < 4.78 is 11.6. The van der Waals surface area contributed by atoms with Crippen LogP contribution in [-0.2, 0) is 0 Å². The van der Waals surface area contributed by atoms with E-state index in [9.17, 15) is 0 Å². The van der Waals surface area contributed by atoms with E-state index in [1.54, 1.807) is 14.2 Å². The molecule has 4 nitrogen and oxygen atoms in total. The Morgan fingerprint density at radius 1 is 1.10 bits per heavy atom. The summed E-state index contributed by atoms with van der Waals surface area (Å²) >= 11 is 9.74. The lowest BCUT2D eigenvalue weighted by molar-refractivity contribution is 0.387. The quantitative estimate of drug-likeness (QED) is 0.622. The van der Waals surface area contributed by atoms with Crippen molar-refractivity contribution >= 4 is 27.5 Å². The predicted octanol–water partition coefficient (Wildman–Crippen LogP) is 3.67. The van der Waals surface area contributed by atoms with Crippen molar-refractivity contribution in [1.82, 2.24) is 5.43 Å². The van der Waals surface area contributed by atoms with Crippen molar-refractivity contribution in [1.29, 1.82) is 0 Å². The fourth-order valence-corrected chi connectivity index (χ4v) is 2.75. The Labute approximate surface area is 137 Å². The number of methoxy groups -OCH3 is 2. The van der Waals surface area contributed by atoms with Crippen molar-refractivity contribution in [3.8, 4) is 11.5 Å². The number of hydrazine groups is 1. The summed E-state index contributed by atoms with van der Waals surface area (Å²) in [6, 6.07) is 10.9. The third kappa shape index (κ3) is 3.49. The van der Waals surface area contributed by atoms with Gasteiger partial charge in [-0.2, -0.15) is 0 Å². The van der Waals surface area contributed by atoms with E-state index in [0.717, 1.165) is 15.6 Å². The highest BCUT2D eigenvalue weighted by atomic mass is 79.9. The average Bonchev–Trinajstić information content (AvgIpc) is 2.51. The molecule has 0 saturated carbocycles. The Hall–Kier alpha value is -1.27. The van der Waals surface area contributed by atoms with Crippen LogP contribution in [-0.4, -0.2) is 14.2 Å². The first-order chi connectivity index (χ1) is 10.1. The fourth-order valence-electron chi connectivity index (χ4n) is 2.14. The van der Waals surface area contributed by atoms with Gasteiger partial charge >= 0.3 is 0 Å². The van der Waals surface area contributed by atoms with E-state index < -0.39 is 0 Å². The third-order valence-electron chi connectivity index (χ3n) is 3.19. The van der Waals surface area contributed by atoms with E-state index in [0.29, 0.717) is 16.5 Å². The number of rotatable bonds is 5. The SMILES string of the molecule is COc1ccc(C(NN)c2cc(Br)ccc2Cl)c(OC)c1. The first kappa shape index (κ1) is 16.1. The summed E-state index contributed by atoms with van der Waals surface area (Å²) in [7, 11) is 3.21. The van der Waals surface area contributed by atoms with Gasteiger partial charge in [-0.25, -0.2) is 5.43 Å². The second-order valence-electron chi connectivity index (χ2n) is 4.37. The Kier molecular flexibility index (Phi) is 5.47. The molecular formula is C15H16BrClN2O2. The van der Waals surface area contributed by atoms with Gasteiger partial charge in [-0.1, -0.05) is 27.5 Å². The number of ether oxygens (including phenoxy) is 2. The molecule has 0 heterocycles. The number of halogens is 2. The molecular weight excluding hydrogens is 356 g/mol. The molecule has 2 rings (SSSR count). The highest BCUT2D eigenvalue weighted by Crippen LogP contribution is 2.36. The highest BCUT2D eigenvalue weighted by molar-refractivity contribution is 9.10. The van der Waals surface area contributed by atoms with E-state index in [4.69, 9.17) is 26.9 Å². The van der Waals surface area contributed by atoms with Crippen molar-refractivity contribution in [2.24, 2.45) is 5.84 Å². The molecule has 0 fully saturated rings. The first-order valence-corrected chi connectivity index (χ1v) is 7.40. The van der Waals surface area contributed by atoms with Crippen LogP contribution in [0.15, 0.2) is 40.9 Å². The number of hydrogen-bond donors (Lipinski definition) is 2. The predicted molar refractivity (Wildman–Crippen MR) is 87.9 cm³/mol. The van der Waals surface area contributed by atoms with Gasteiger partial charge in [0.2, 0.25) is 0 Å². The molecule has 21 heavy (non-hydrogen) atoms. The van der Waals surface area contributed by atoms with Crippen molar-refractivity contribution in [3.05, 3.63) is 57.0 Å². The topological polar surface area (TPSA) is 56.5 Å². The zero-order valence-corrected chi connectivity index (χ0v) is 14.0. The number of benzene rings is 2. The molecule has 1 atom stereocenters. The lowest BCUT2D eigenvalue weighted by Crippen LogP contribution is -2.29. The molecule has 112 valence electrons. The highest BCUT2D eigenvalue weighted by Gasteiger charge is 2.20. The van der Waals surface area contributed by atoms with E-state index in [-0.39, 0.29) is 6.04 Å². The molecule has 6 heteroatoms. The van der Waals surface area contributed by atoms with Gasteiger partial charge in [0.25, 0.3) is 0 Å². The van der Waals surface area contributed by atoms with Gasteiger partial charge in [0.1, 0.15) is 11.5 Å². The van der Waals surface area contributed by atoms with E-state index >= 15 is 0 Å². The Bertz CT molecular complexity index is 637. The molecule has 0 spiro atoms. The van der Waals surface area contributed by atoms with Crippen LogP contribution in [0.25, 0.3) is 0 Å².